The van der Waals surface area contributed by atoms with Gasteiger partial charge < -0.3 is 4.98 Å². The van der Waals surface area contributed by atoms with Crippen molar-refractivity contribution >= 4 is 29.7 Å². The minimum absolute atomic E-state index is 0. The summed E-state index contributed by atoms with van der Waals surface area (Å²) >= 11 is 5.92. The van der Waals surface area contributed by atoms with Gasteiger partial charge in [0.2, 0.25) is 0 Å². The molecule has 9 heteroatoms. The molecule has 0 aromatic heterocycles. The van der Waals surface area contributed by atoms with Gasteiger partial charge in [-0.3, -0.25) is 14.9 Å². The molecular weight excluding hydrogens is 403 g/mol. The maximum atomic E-state index is 12.8. The molecule has 0 radical (unpaired) electrons. The van der Waals surface area contributed by atoms with Crippen molar-refractivity contribution in [2.45, 2.75) is 6.92 Å². The second-order valence-corrected chi connectivity index (χ2v) is 6.49. The number of aromatic amines is 1. The number of pyridine rings is 1. The van der Waals surface area contributed by atoms with Crippen LogP contribution in [0.4, 0.5) is 5.69 Å². The monoisotopic (exact) mass is 416 g/mol. The highest BCUT2D eigenvalue weighted by Gasteiger charge is 2.23. The normalized spacial score (nSPS) is 10.6. The Bertz CT molecular complexity index is 1200. The Hall–Kier alpha value is -3.16. The number of aromatic nitrogens is 3. The molecule has 0 amide bonds. The molecule has 0 unspecified atom stereocenters. The van der Waals surface area contributed by atoms with Crippen molar-refractivity contribution in [2.75, 3.05) is 0 Å². The van der Waals surface area contributed by atoms with Gasteiger partial charge in [-0.25, -0.2) is 0 Å². The number of hydrogen-bond donors (Lipinski definition) is 1. The fourth-order valence-corrected chi connectivity index (χ4v) is 3.17. The van der Waals surface area contributed by atoms with Crippen LogP contribution in [0.2, 0.25) is 5.02 Å². The molecule has 0 saturated heterocycles. The van der Waals surface area contributed by atoms with Crippen LogP contribution in [0.25, 0.3) is 28.1 Å². The van der Waals surface area contributed by atoms with Gasteiger partial charge >= 0.3 is 0 Å². The van der Waals surface area contributed by atoms with Crippen LogP contribution in [-0.4, -0.2) is 19.7 Å². The summed E-state index contributed by atoms with van der Waals surface area (Å²) in [6, 6.07) is 13.0. The second-order valence-electron chi connectivity index (χ2n) is 6.05. The predicted molar refractivity (Wildman–Crippen MR) is 110 cm³/mol. The van der Waals surface area contributed by atoms with E-state index in [4.69, 9.17) is 11.6 Å². The largest absolute Gasteiger partial charge is 0.364 e. The van der Waals surface area contributed by atoms with Crippen LogP contribution in [0.15, 0.2) is 59.5 Å². The minimum atomic E-state index is -0.450. The van der Waals surface area contributed by atoms with Gasteiger partial charge in [0.05, 0.1) is 16.2 Å². The number of halogens is 2. The number of aryl methyl sites for hydroxylation is 1. The van der Waals surface area contributed by atoms with Crippen LogP contribution in [-0.2, 0) is 0 Å². The molecule has 7 nitrogen and oxygen atoms in total. The average molecular weight is 417 g/mol. The van der Waals surface area contributed by atoms with E-state index >= 15 is 0 Å². The van der Waals surface area contributed by atoms with Crippen LogP contribution in [0, 0.1) is 17.0 Å². The third kappa shape index (κ3) is 3.26. The molecule has 0 bridgehead atoms. The molecule has 2 aliphatic rings. The molecule has 142 valence electrons. The molecule has 4 rings (SSSR count). The summed E-state index contributed by atoms with van der Waals surface area (Å²) < 4.78 is 1.30. The quantitative estimate of drug-likeness (QED) is 0.389. The van der Waals surface area contributed by atoms with E-state index in [1.165, 1.54) is 16.8 Å². The summed E-state index contributed by atoms with van der Waals surface area (Å²) in [5, 5.41) is 16.2. The Morgan fingerprint density at radius 2 is 1.89 bits per heavy atom. The lowest BCUT2D eigenvalue weighted by Crippen LogP contribution is -2.14. The number of nitro benzene ring substituents is 1. The first-order chi connectivity index (χ1) is 13.0. The van der Waals surface area contributed by atoms with Gasteiger partial charge in [-0.1, -0.05) is 23.7 Å². The molecule has 0 aliphatic carbocycles. The van der Waals surface area contributed by atoms with Crippen LogP contribution in [0.3, 0.4) is 0 Å². The number of nitrogens with zero attached hydrogens (tertiary/aromatic N) is 3. The van der Waals surface area contributed by atoms with E-state index in [9.17, 15) is 14.9 Å². The maximum absolute atomic E-state index is 12.8. The first kappa shape index (κ1) is 19.6. The smallest absolute Gasteiger partial charge is 0.282 e. The standard InChI is InChI=1S/C19H13ClN4O3.ClH/c1-11-17(12-3-2-4-15(9-12)24(26)27)18-16(10-21-11)19(25)23(22-18)14-7-5-13(20)6-8-14;/h2-10,21H,1H3;1H. The van der Waals surface area contributed by atoms with Gasteiger partial charge in [0.15, 0.2) is 0 Å². The maximum Gasteiger partial charge on any atom is 0.282 e. The summed E-state index contributed by atoms with van der Waals surface area (Å²) in [5.41, 5.74) is 3.18. The summed E-state index contributed by atoms with van der Waals surface area (Å²) in [6.07, 6.45) is 1.60. The third-order valence-corrected chi connectivity index (χ3v) is 4.59. The van der Waals surface area contributed by atoms with Crippen molar-refractivity contribution in [3.8, 4) is 28.1 Å². The summed E-state index contributed by atoms with van der Waals surface area (Å²) in [6.45, 7) is 1.83. The van der Waals surface area contributed by atoms with Gasteiger partial charge in [0.1, 0.15) is 5.69 Å². The van der Waals surface area contributed by atoms with Crippen molar-refractivity contribution in [3.05, 3.63) is 85.9 Å². The molecule has 0 atom stereocenters. The molecule has 0 saturated carbocycles. The van der Waals surface area contributed by atoms with E-state index in [1.807, 2.05) is 6.92 Å². The average Bonchev–Trinajstić information content (AvgIpc) is 2.99. The lowest BCUT2D eigenvalue weighted by Gasteiger charge is -2.09. The SMILES string of the molecule is Cc1[nH]cc2c(=O)n(-c3ccc(Cl)cc3)nc-2c1-c1cccc([N+](=O)[O-])c1.Cl. The molecule has 2 aliphatic heterocycles. The number of nitrogens with one attached hydrogen (secondary N) is 1. The second kappa shape index (κ2) is 7.46. The molecule has 2 aromatic carbocycles. The van der Waals surface area contributed by atoms with E-state index in [2.05, 4.69) is 10.1 Å². The molecular formula is C19H14Cl2N4O3. The Balaban J connectivity index is 0.00000225. The lowest BCUT2D eigenvalue weighted by molar-refractivity contribution is -0.384. The Kier molecular flexibility index (Phi) is 5.22. The number of rotatable bonds is 3. The van der Waals surface area contributed by atoms with Gasteiger partial charge in [-0.05, 0) is 36.8 Å². The summed E-state index contributed by atoms with van der Waals surface area (Å²) in [7, 11) is 0. The van der Waals surface area contributed by atoms with Crippen LogP contribution >= 0.6 is 24.0 Å². The highest BCUT2D eigenvalue weighted by atomic mass is 35.5. The fourth-order valence-electron chi connectivity index (χ4n) is 3.05. The van der Waals surface area contributed by atoms with Crippen LogP contribution in [0.5, 0.6) is 0 Å². The predicted octanol–water partition coefficient (Wildman–Crippen LogP) is 4.62. The van der Waals surface area contributed by atoms with Gasteiger partial charge in [0.25, 0.3) is 11.2 Å². The molecule has 0 fully saturated rings. The van der Waals surface area contributed by atoms with Crippen molar-refractivity contribution in [1.29, 1.82) is 0 Å². The van der Waals surface area contributed by atoms with Crippen molar-refractivity contribution in [2.24, 2.45) is 0 Å². The molecule has 2 heterocycles. The van der Waals surface area contributed by atoms with Crippen LogP contribution < -0.4 is 5.56 Å². The fraction of sp³-hybridized carbons (Fsp3) is 0.0526. The van der Waals surface area contributed by atoms with E-state index in [0.29, 0.717) is 33.1 Å². The lowest BCUT2D eigenvalue weighted by atomic mass is 9.98. The number of nitro groups is 1. The number of non-ortho nitro benzene ring substituents is 1. The van der Waals surface area contributed by atoms with E-state index < -0.39 is 4.92 Å². The van der Waals surface area contributed by atoms with Crippen molar-refractivity contribution in [1.82, 2.24) is 14.8 Å². The number of H-pyrrole nitrogens is 1. The number of hydrogen-bond acceptors (Lipinski definition) is 4. The Morgan fingerprint density at radius 3 is 2.57 bits per heavy atom. The topological polar surface area (TPSA) is 93.8 Å². The minimum Gasteiger partial charge on any atom is -0.364 e. The summed E-state index contributed by atoms with van der Waals surface area (Å²) in [5.74, 6) is 0. The van der Waals surface area contributed by atoms with Gasteiger partial charge in [-0.2, -0.15) is 9.78 Å². The summed E-state index contributed by atoms with van der Waals surface area (Å²) in [4.78, 5) is 26.6. The zero-order valence-corrected chi connectivity index (χ0v) is 16.1. The van der Waals surface area contributed by atoms with Crippen LogP contribution in [0.1, 0.15) is 5.69 Å². The molecule has 1 N–H and O–H groups in total. The molecule has 2 aromatic rings. The zero-order chi connectivity index (χ0) is 19.1. The van der Waals surface area contributed by atoms with Crippen molar-refractivity contribution in [3.63, 3.8) is 0 Å². The van der Waals surface area contributed by atoms with E-state index in [1.54, 1.807) is 42.6 Å². The number of benzene rings is 2. The third-order valence-electron chi connectivity index (χ3n) is 4.34. The van der Waals surface area contributed by atoms with E-state index in [0.717, 1.165) is 5.69 Å². The highest BCUT2D eigenvalue weighted by molar-refractivity contribution is 6.30. The Morgan fingerprint density at radius 1 is 1.18 bits per heavy atom. The van der Waals surface area contributed by atoms with Gasteiger partial charge in [0, 0.05) is 34.6 Å². The number of fused-ring (bicyclic) bond motifs is 1. The Labute approximate surface area is 170 Å². The molecule has 0 spiro atoms. The molecule has 28 heavy (non-hydrogen) atoms. The van der Waals surface area contributed by atoms with Gasteiger partial charge in [-0.15, -0.1) is 12.4 Å². The van der Waals surface area contributed by atoms with E-state index in [-0.39, 0.29) is 23.7 Å². The first-order valence-corrected chi connectivity index (χ1v) is 8.45. The highest BCUT2D eigenvalue weighted by Crippen LogP contribution is 2.34. The first-order valence-electron chi connectivity index (χ1n) is 8.07. The zero-order valence-electron chi connectivity index (χ0n) is 14.5. The van der Waals surface area contributed by atoms with Crippen molar-refractivity contribution < 1.29 is 4.92 Å².